The average Bonchev–Trinajstić information content (AvgIpc) is 2.78. The standard InChI is InChI=1S/C15H17N3O4S/c1-9(19)16-11-5-3-10(4-6-11)14-12(23-15(22)17-14)7-18(2)8-13(20)21/h3-6H,7-8H2,1-2H3,(H,16,19)(H,17,22)(H,20,21). The molecule has 1 heterocycles. The van der Waals surface area contributed by atoms with Crippen molar-refractivity contribution in [3.8, 4) is 11.3 Å². The van der Waals surface area contributed by atoms with Gasteiger partial charge in [-0.15, -0.1) is 0 Å². The maximum absolute atomic E-state index is 11.7. The topological polar surface area (TPSA) is 103 Å². The lowest BCUT2D eigenvalue weighted by Gasteiger charge is -2.13. The summed E-state index contributed by atoms with van der Waals surface area (Å²) in [6, 6.07) is 7.09. The van der Waals surface area contributed by atoms with Crippen LogP contribution in [0.4, 0.5) is 5.69 Å². The van der Waals surface area contributed by atoms with E-state index in [-0.39, 0.29) is 17.3 Å². The molecule has 1 amide bonds. The predicted octanol–water partition coefficient (Wildman–Crippen LogP) is 1.58. The van der Waals surface area contributed by atoms with Crippen LogP contribution >= 0.6 is 11.3 Å². The fourth-order valence-electron chi connectivity index (χ4n) is 2.16. The molecule has 0 aliphatic rings. The van der Waals surface area contributed by atoms with E-state index >= 15 is 0 Å². The summed E-state index contributed by atoms with van der Waals surface area (Å²) in [7, 11) is 1.68. The molecule has 2 aromatic rings. The van der Waals surface area contributed by atoms with Crippen LogP contribution in [0.3, 0.4) is 0 Å². The minimum absolute atomic E-state index is 0.104. The molecule has 3 N–H and O–H groups in total. The second kappa shape index (κ2) is 7.21. The fourth-order valence-corrected chi connectivity index (χ4v) is 3.09. The number of aromatic nitrogens is 1. The molecule has 0 aliphatic heterocycles. The van der Waals surface area contributed by atoms with Crippen LogP contribution < -0.4 is 10.2 Å². The zero-order valence-corrected chi connectivity index (χ0v) is 13.6. The summed E-state index contributed by atoms with van der Waals surface area (Å²) in [6.07, 6.45) is 0. The van der Waals surface area contributed by atoms with Gasteiger partial charge in [-0.3, -0.25) is 19.3 Å². The second-order valence-corrected chi connectivity index (χ2v) is 6.20. The molecule has 0 spiro atoms. The highest BCUT2D eigenvalue weighted by Crippen LogP contribution is 2.25. The van der Waals surface area contributed by atoms with Crippen LogP contribution in [0.15, 0.2) is 29.1 Å². The largest absolute Gasteiger partial charge is 0.480 e. The van der Waals surface area contributed by atoms with Crippen molar-refractivity contribution in [3.05, 3.63) is 38.8 Å². The fraction of sp³-hybridized carbons (Fsp3) is 0.267. The molecule has 0 bridgehead atoms. The Morgan fingerprint density at radius 2 is 1.96 bits per heavy atom. The van der Waals surface area contributed by atoms with Crippen molar-refractivity contribution in [3.63, 3.8) is 0 Å². The van der Waals surface area contributed by atoms with E-state index in [0.29, 0.717) is 17.9 Å². The summed E-state index contributed by atoms with van der Waals surface area (Å²) in [5.74, 6) is -1.07. The van der Waals surface area contributed by atoms with Crippen LogP contribution in [0.25, 0.3) is 11.3 Å². The van der Waals surface area contributed by atoms with Gasteiger partial charge in [0.15, 0.2) is 0 Å². The highest BCUT2D eigenvalue weighted by atomic mass is 32.1. The highest BCUT2D eigenvalue weighted by Gasteiger charge is 2.14. The van der Waals surface area contributed by atoms with E-state index in [2.05, 4.69) is 10.3 Å². The molecular weight excluding hydrogens is 318 g/mol. The first-order chi connectivity index (χ1) is 10.8. The minimum atomic E-state index is -0.920. The molecule has 2 rings (SSSR count). The molecule has 0 radical (unpaired) electrons. The Morgan fingerprint density at radius 1 is 1.30 bits per heavy atom. The third kappa shape index (κ3) is 4.76. The number of aliphatic carboxylic acids is 1. The number of carboxylic acids is 1. The van der Waals surface area contributed by atoms with E-state index in [1.165, 1.54) is 6.92 Å². The van der Waals surface area contributed by atoms with Gasteiger partial charge in [-0.2, -0.15) is 0 Å². The summed E-state index contributed by atoms with van der Waals surface area (Å²) in [6.45, 7) is 1.69. The summed E-state index contributed by atoms with van der Waals surface area (Å²) in [5.41, 5.74) is 2.14. The second-order valence-electron chi connectivity index (χ2n) is 5.14. The smallest absolute Gasteiger partial charge is 0.317 e. The number of nitrogens with zero attached hydrogens (tertiary/aromatic N) is 1. The van der Waals surface area contributed by atoms with Crippen molar-refractivity contribution in [2.24, 2.45) is 0 Å². The first-order valence-electron chi connectivity index (χ1n) is 6.85. The summed E-state index contributed by atoms with van der Waals surface area (Å²) >= 11 is 1.06. The molecule has 1 aromatic heterocycles. The summed E-state index contributed by atoms with van der Waals surface area (Å²) in [4.78, 5) is 38.4. The zero-order chi connectivity index (χ0) is 17.0. The van der Waals surface area contributed by atoms with Gasteiger partial charge >= 0.3 is 10.8 Å². The zero-order valence-electron chi connectivity index (χ0n) is 12.8. The van der Waals surface area contributed by atoms with E-state index in [0.717, 1.165) is 21.8 Å². The molecule has 0 fully saturated rings. The van der Waals surface area contributed by atoms with Gasteiger partial charge in [-0.1, -0.05) is 23.5 Å². The Labute approximate surface area is 136 Å². The molecule has 0 atom stereocenters. The Hall–Kier alpha value is -2.45. The average molecular weight is 335 g/mol. The number of carbonyl (C=O) groups is 2. The predicted molar refractivity (Wildman–Crippen MR) is 88.6 cm³/mol. The van der Waals surface area contributed by atoms with E-state index in [1.807, 2.05) is 0 Å². The first kappa shape index (κ1) is 16.9. The van der Waals surface area contributed by atoms with Crippen LogP contribution in [-0.2, 0) is 16.1 Å². The molecule has 0 saturated carbocycles. The Balaban J connectivity index is 2.24. The van der Waals surface area contributed by atoms with Gasteiger partial charge in [0.1, 0.15) is 0 Å². The number of hydrogen-bond donors (Lipinski definition) is 3. The number of hydrogen-bond acceptors (Lipinski definition) is 5. The van der Waals surface area contributed by atoms with E-state index in [9.17, 15) is 14.4 Å². The van der Waals surface area contributed by atoms with Crippen molar-refractivity contribution < 1.29 is 14.7 Å². The molecule has 0 aliphatic carbocycles. The Bertz CT molecular complexity index is 764. The molecule has 0 unspecified atom stereocenters. The number of H-pyrrole nitrogens is 1. The lowest BCUT2D eigenvalue weighted by Crippen LogP contribution is -2.24. The number of anilines is 1. The molecular formula is C15H17N3O4S. The normalized spacial score (nSPS) is 10.7. The summed E-state index contributed by atoms with van der Waals surface area (Å²) < 4.78 is 0. The van der Waals surface area contributed by atoms with Crippen LogP contribution in [0.1, 0.15) is 11.8 Å². The van der Waals surface area contributed by atoms with Crippen molar-refractivity contribution >= 4 is 28.9 Å². The van der Waals surface area contributed by atoms with Crippen molar-refractivity contribution in [1.29, 1.82) is 0 Å². The monoisotopic (exact) mass is 335 g/mol. The third-order valence-electron chi connectivity index (χ3n) is 3.03. The van der Waals surface area contributed by atoms with E-state index in [1.54, 1.807) is 36.2 Å². The van der Waals surface area contributed by atoms with Crippen LogP contribution in [0.5, 0.6) is 0 Å². The van der Waals surface area contributed by atoms with Crippen LogP contribution in [0.2, 0.25) is 0 Å². The number of nitrogens with one attached hydrogen (secondary N) is 2. The van der Waals surface area contributed by atoms with Gasteiger partial charge in [0.05, 0.1) is 12.2 Å². The molecule has 7 nitrogen and oxygen atoms in total. The Morgan fingerprint density at radius 3 is 2.52 bits per heavy atom. The van der Waals surface area contributed by atoms with Crippen LogP contribution in [-0.4, -0.2) is 40.5 Å². The number of thiazole rings is 1. The van der Waals surface area contributed by atoms with Crippen molar-refractivity contribution in [2.75, 3.05) is 18.9 Å². The molecule has 8 heteroatoms. The maximum atomic E-state index is 11.7. The third-order valence-corrected chi connectivity index (χ3v) is 3.90. The molecule has 1 aromatic carbocycles. The van der Waals surface area contributed by atoms with Crippen molar-refractivity contribution in [1.82, 2.24) is 9.88 Å². The van der Waals surface area contributed by atoms with Gasteiger partial charge in [0, 0.05) is 24.0 Å². The first-order valence-corrected chi connectivity index (χ1v) is 7.67. The van der Waals surface area contributed by atoms with Gasteiger partial charge < -0.3 is 15.4 Å². The van der Waals surface area contributed by atoms with Gasteiger partial charge in [-0.05, 0) is 24.7 Å². The number of rotatable bonds is 6. The number of carbonyl (C=O) groups excluding carboxylic acids is 1. The number of amides is 1. The van der Waals surface area contributed by atoms with Gasteiger partial charge in [0.25, 0.3) is 0 Å². The number of benzene rings is 1. The lowest BCUT2D eigenvalue weighted by molar-refractivity contribution is -0.138. The van der Waals surface area contributed by atoms with Crippen LogP contribution in [0, 0.1) is 0 Å². The number of carboxylic acid groups (broad SMARTS) is 1. The van der Waals surface area contributed by atoms with E-state index in [4.69, 9.17) is 5.11 Å². The Kier molecular flexibility index (Phi) is 5.30. The van der Waals surface area contributed by atoms with Gasteiger partial charge in [0.2, 0.25) is 5.91 Å². The molecule has 0 saturated heterocycles. The molecule has 122 valence electrons. The quantitative estimate of drug-likeness (QED) is 0.744. The van der Waals surface area contributed by atoms with Crippen molar-refractivity contribution in [2.45, 2.75) is 13.5 Å². The minimum Gasteiger partial charge on any atom is -0.480 e. The SMILES string of the molecule is CC(=O)Nc1ccc(-c2[nH]c(=O)sc2CN(C)CC(=O)O)cc1. The molecule has 23 heavy (non-hydrogen) atoms. The maximum Gasteiger partial charge on any atom is 0.317 e. The van der Waals surface area contributed by atoms with Gasteiger partial charge in [-0.25, -0.2) is 0 Å². The van der Waals surface area contributed by atoms with E-state index < -0.39 is 5.97 Å². The number of likely N-dealkylation sites (N-methyl/N-ethyl adjacent to an activating group) is 1. The lowest BCUT2D eigenvalue weighted by atomic mass is 10.1. The number of aromatic amines is 1. The highest BCUT2D eigenvalue weighted by molar-refractivity contribution is 7.09. The summed E-state index contributed by atoms with van der Waals surface area (Å²) in [5, 5.41) is 11.5.